The molecule has 3 rings (SSSR count). The molecular formula is C21H22FNO3S. The summed E-state index contributed by atoms with van der Waals surface area (Å²) < 4.78 is 41.1. The minimum Gasteiger partial charge on any atom is -0.346 e. The van der Waals surface area contributed by atoms with Crippen LogP contribution in [0.25, 0.3) is 10.9 Å². The van der Waals surface area contributed by atoms with Gasteiger partial charge in [-0.3, -0.25) is 4.79 Å². The van der Waals surface area contributed by atoms with Gasteiger partial charge in [-0.25, -0.2) is 12.8 Å². The molecule has 0 N–H and O–H groups in total. The van der Waals surface area contributed by atoms with Gasteiger partial charge in [0.25, 0.3) is 0 Å². The zero-order valence-corrected chi connectivity index (χ0v) is 16.2. The third kappa shape index (κ3) is 3.67. The molecule has 0 aliphatic carbocycles. The Morgan fingerprint density at radius 3 is 2.37 bits per heavy atom. The van der Waals surface area contributed by atoms with E-state index >= 15 is 0 Å². The topological polar surface area (TPSA) is 56.1 Å². The maximum absolute atomic E-state index is 13.2. The Hall–Kier alpha value is -2.47. The second-order valence-electron chi connectivity index (χ2n) is 6.53. The van der Waals surface area contributed by atoms with E-state index in [2.05, 4.69) is 6.92 Å². The van der Waals surface area contributed by atoms with Crippen molar-refractivity contribution in [2.75, 3.05) is 0 Å². The number of aromatic nitrogens is 1. The van der Waals surface area contributed by atoms with Crippen LogP contribution in [0.15, 0.2) is 63.2 Å². The van der Waals surface area contributed by atoms with E-state index in [9.17, 15) is 17.6 Å². The van der Waals surface area contributed by atoms with Gasteiger partial charge in [-0.2, -0.15) is 0 Å². The molecule has 1 aromatic heterocycles. The molecule has 1 heterocycles. The summed E-state index contributed by atoms with van der Waals surface area (Å²) in [5.74, 6) is -0.527. The number of pyridine rings is 1. The van der Waals surface area contributed by atoms with Crippen LogP contribution in [0, 0.1) is 5.82 Å². The lowest BCUT2D eigenvalue weighted by Gasteiger charge is -2.14. The van der Waals surface area contributed by atoms with Crippen LogP contribution in [0.4, 0.5) is 4.39 Å². The quantitative estimate of drug-likeness (QED) is 0.592. The van der Waals surface area contributed by atoms with Crippen molar-refractivity contribution in [3.8, 4) is 0 Å². The number of aryl methyl sites for hydroxylation is 2. The molecular weight excluding hydrogens is 365 g/mol. The lowest BCUT2D eigenvalue weighted by atomic mass is 10.1. The van der Waals surface area contributed by atoms with Gasteiger partial charge in [0.05, 0.1) is 10.4 Å². The first-order chi connectivity index (χ1) is 12.9. The Balaban J connectivity index is 2.30. The van der Waals surface area contributed by atoms with Crippen molar-refractivity contribution >= 4 is 20.7 Å². The van der Waals surface area contributed by atoms with Gasteiger partial charge in [0, 0.05) is 18.1 Å². The lowest BCUT2D eigenvalue weighted by molar-refractivity contribution is 0.590. The van der Waals surface area contributed by atoms with Gasteiger partial charge < -0.3 is 4.57 Å². The zero-order chi connectivity index (χ0) is 19.6. The van der Waals surface area contributed by atoms with Crippen LogP contribution in [-0.2, 0) is 22.8 Å². The van der Waals surface area contributed by atoms with Gasteiger partial charge >= 0.3 is 0 Å². The third-order valence-electron chi connectivity index (χ3n) is 4.69. The molecule has 0 aliphatic rings. The Morgan fingerprint density at radius 1 is 1.04 bits per heavy atom. The van der Waals surface area contributed by atoms with E-state index in [1.807, 2.05) is 23.6 Å². The van der Waals surface area contributed by atoms with E-state index in [1.54, 1.807) is 6.07 Å². The number of unbranched alkanes of at least 4 members (excludes halogenated alkanes) is 1. The van der Waals surface area contributed by atoms with E-state index < -0.39 is 21.1 Å². The van der Waals surface area contributed by atoms with Crippen LogP contribution < -0.4 is 5.43 Å². The maximum atomic E-state index is 13.2. The SMILES string of the molecule is CCCCn1cc(S(=O)(=O)c2ccc(F)cc2)c(=O)c2cc(CC)ccc21. The summed E-state index contributed by atoms with van der Waals surface area (Å²) >= 11 is 0. The molecule has 2 aromatic carbocycles. The van der Waals surface area contributed by atoms with Crippen molar-refractivity contribution in [1.82, 2.24) is 4.57 Å². The molecule has 0 bridgehead atoms. The molecule has 3 aromatic rings. The molecule has 0 atom stereocenters. The summed E-state index contributed by atoms with van der Waals surface area (Å²) in [5.41, 5.74) is 1.18. The fourth-order valence-corrected chi connectivity index (χ4v) is 4.45. The first-order valence-corrected chi connectivity index (χ1v) is 10.5. The second-order valence-corrected chi connectivity index (χ2v) is 8.45. The summed E-state index contributed by atoms with van der Waals surface area (Å²) in [4.78, 5) is 12.7. The average Bonchev–Trinajstić information content (AvgIpc) is 2.67. The number of sulfone groups is 1. The van der Waals surface area contributed by atoms with E-state index in [-0.39, 0.29) is 9.79 Å². The lowest BCUT2D eigenvalue weighted by Crippen LogP contribution is -2.19. The molecule has 0 aliphatic heterocycles. The van der Waals surface area contributed by atoms with E-state index in [4.69, 9.17) is 0 Å². The van der Waals surface area contributed by atoms with Crippen molar-refractivity contribution in [3.63, 3.8) is 0 Å². The third-order valence-corrected chi connectivity index (χ3v) is 6.45. The highest BCUT2D eigenvalue weighted by molar-refractivity contribution is 7.91. The highest BCUT2D eigenvalue weighted by Gasteiger charge is 2.24. The molecule has 142 valence electrons. The number of fused-ring (bicyclic) bond motifs is 1. The van der Waals surface area contributed by atoms with Crippen molar-refractivity contribution in [2.24, 2.45) is 0 Å². The Bertz CT molecular complexity index is 1130. The van der Waals surface area contributed by atoms with E-state index in [0.29, 0.717) is 11.9 Å². The van der Waals surface area contributed by atoms with E-state index in [1.165, 1.54) is 18.3 Å². The van der Waals surface area contributed by atoms with Crippen molar-refractivity contribution in [3.05, 3.63) is 70.3 Å². The molecule has 0 saturated heterocycles. The van der Waals surface area contributed by atoms with Crippen LogP contribution >= 0.6 is 0 Å². The highest BCUT2D eigenvalue weighted by atomic mass is 32.2. The van der Waals surface area contributed by atoms with Crippen LogP contribution in [-0.4, -0.2) is 13.0 Å². The molecule has 27 heavy (non-hydrogen) atoms. The Kier molecular flexibility index (Phi) is 5.46. The maximum Gasteiger partial charge on any atom is 0.211 e. The van der Waals surface area contributed by atoms with Gasteiger partial charge in [0.1, 0.15) is 10.7 Å². The predicted octanol–water partition coefficient (Wildman–Crippen LogP) is 4.34. The molecule has 0 fully saturated rings. The van der Waals surface area contributed by atoms with Gasteiger partial charge in [-0.15, -0.1) is 0 Å². The summed E-state index contributed by atoms with van der Waals surface area (Å²) in [7, 11) is -4.04. The molecule has 0 unspecified atom stereocenters. The molecule has 0 saturated carbocycles. The summed E-state index contributed by atoms with van der Waals surface area (Å²) in [6.07, 6.45) is 3.98. The molecule has 0 spiro atoms. The van der Waals surface area contributed by atoms with Crippen LogP contribution in [0.5, 0.6) is 0 Å². The Labute approximate surface area is 158 Å². The average molecular weight is 387 g/mol. The fraction of sp³-hybridized carbons (Fsp3) is 0.286. The van der Waals surface area contributed by atoms with Crippen molar-refractivity contribution < 1.29 is 12.8 Å². The number of hydrogen-bond acceptors (Lipinski definition) is 3. The number of rotatable bonds is 6. The number of halogens is 1. The number of hydrogen-bond donors (Lipinski definition) is 0. The monoisotopic (exact) mass is 387 g/mol. The first kappa shape index (κ1) is 19.3. The predicted molar refractivity (Wildman–Crippen MR) is 104 cm³/mol. The second kappa shape index (κ2) is 7.64. The normalized spacial score (nSPS) is 11.8. The Morgan fingerprint density at radius 2 is 1.74 bits per heavy atom. The summed E-state index contributed by atoms with van der Waals surface area (Å²) in [5, 5.41) is 0.397. The fourth-order valence-electron chi connectivity index (χ4n) is 3.08. The van der Waals surface area contributed by atoms with Crippen LogP contribution in [0.1, 0.15) is 32.3 Å². The highest BCUT2D eigenvalue weighted by Crippen LogP contribution is 2.23. The van der Waals surface area contributed by atoms with Crippen LogP contribution in [0.2, 0.25) is 0 Å². The number of nitrogens with zero attached hydrogens (tertiary/aromatic N) is 1. The van der Waals surface area contributed by atoms with Crippen LogP contribution in [0.3, 0.4) is 0 Å². The smallest absolute Gasteiger partial charge is 0.211 e. The standard InChI is InChI=1S/C21H22FNO3S/c1-3-5-12-23-14-20(27(25,26)17-9-7-16(22)8-10-17)21(24)18-13-15(4-2)6-11-19(18)23/h6-11,13-14H,3-5,12H2,1-2H3. The van der Waals surface area contributed by atoms with Gasteiger partial charge in [0.2, 0.25) is 15.3 Å². The largest absolute Gasteiger partial charge is 0.346 e. The van der Waals surface area contributed by atoms with Gasteiger partial charge in [-0.1, -0.05) is 26.3 Å². The minimum atomic E-state index is -4.04. The van der Waals surface area contributed by atoms with Crippen molar-refractivity contribution in [1.29, 1.82) is 0 Å². The van der Waals surface area contributed by atoms with Gasteiger partial charge in [0.15, 0.2) is 0 Å². The van der Waals surface area contributed by atoms with E-state index in [0.717, 1.165) is 42.5 Å². The molecule has 0 amide bonds. The van der Waals surface area contributed by atoms with Crippen molar-refractivity contribution in [2.45, 2.75) is 49.4 Å². The minimum absolute atomic E-state index is 0.0889. The van der Waals surface area contributed by atoms with Gasteiger partial charge in [-0.05, 0) is 54.8 Å². The first-order valence-electron chi connectivity index (χ1n) is 9.05. The summed E-state index contributed by atoms with van der Waals surface area (Å²) in [6, 6.07) is 10.1. The molecule has 6 heteroatoms. The summed E-state index contributed by atoms with van der Waals surface area (Å²) in [6.45, 7) is 4.65. The zero-order valence-electron chi connectivity index (χ0n) is 15.4. The number of benzene rings is 2. The molecule has 0 radical (unpaired) electrons. The molecule has 4 nitrogen and oxygen atoms in total.